The second kappa shape index (κ2) is 11.0. The van der Waals surface area contributed by atoms with Crippen LogP contribution in [0.3, 0.4) is 0 Å². The second-order valence-corrected chi connectivity index (χ2v) is 10.6. The van der Waals surface area contributed by atoms with Gasteiger partial charge in [-0.15, -0.1) is 0 Å². The van der Waals surface area contributed by atoms with Crippen LogP contribution < -0.4 is 4.74 Å². The summed E-state index contributed by atoms with van der Waals surface area (Å²) >= 11 is 12.4. The molecule has 1 aromatic carbocycles. The minimum absolute atomic E-state index is 0.00893. The fourth-order valence-electron chi connectivity index (χ4n) is 5.40. The van der Waals surface area contributed by atoms with Crippen molar-refractivity contribution in [3.05, 3.63) is 46.3 Å². The van der Waals surface area contributed by atoms with Crippen molar-refractivity contribution in [3.8, 4) is 5.75 Å². The minimum atomic E-state index is -0.973. The number of rotatable bonds is 8. The van der Waals surface area contributed by atoms with E-state index >= 15 is 0 Å². The Hall–Kier alpha value is -1.27. The Labute approximate surface area is 208 Å². The van der Waals surface area contributed by atoms with E-state index in [2.05, 4.69) is 31.9 Å². The standard InChI is InChI=1S/C26H36Cl2NO4/c1-16-13-21-20(10-9-18(3)26(21,31)14-24(16)33-19(4)30)17(2)15-29(5)11-12-32-25-22(27)7-6-8-23(25)28/h6-8,13-14,17-18,20-21,24,31H,9-12,15H2,1-5H3/t17?,18-,20+,21-,24-,26-/m1/s1. The van der Waals surface area contributed by atoms with E-state index in [1.54, 1.807) is 18.2 Å². The lowest BCUT2D eigenvalue weighted by molar-refractivity contribution is -0.148. The summed E-state index contributed by atoms with van der Waals surface area (Å²) in [6.07, 6.45) is 5.55. The van der Waals surface area contributed by atoms with Crippen LogP contribution in [0.2, 0.25) is 10.0 Å². The molecule has 0 aromatic heterocycles. The van der Waals surface area contributed by atoms with Gasteiger partial charge in [-0.1, -0.05) is 49.2 Å². The Morgan fingerprint density at radius 2 is 1.97 bits per heavy atom. The smallest absolute Gasteiger partial charge is 0.303 e. The number of carbonyl (C=O) groups excluding carboxylic acids is 1. The molecule has 0 spiro atoms. The summed E-state index contributed by atoms with van der Waals surface area (Å²) in [7, 11) is 2.08. The number of benzene rings is 1. The van der Waals surface area contributed by atoms with Crippen molar-refractivity contribution in [1.82, 2.24) is 4.90 Å². The molecule has 7 heteroatoms. The highest BCUT2D eigenvalue weighted by molar-refractivity contribution is 6.37. The third-order valence-electron chi connectivity index (χ3n) is 7.29. The number of hydrogen-bond donors (Lipinski definition) is 1. The van der Waals surface area contributed by atoms with Crippen LogP contribution in [0.25, 0.3) is 0 Å². The third-order valence-corrected chi connectivity index (χ3v) is 7.88. The summed E-state index contributed by atoms with van der Waals surface area (Å²) in [6, 6.07) is 5.33. The second-order valence-electron chi connectivity index (χ2n) is 9.80. The molecule has 1 N–H and O–H groups in total. The molecule has 2 aliphatic carbocycles. The number of para-hydroxylation sites is 1. The number of nitrogens with zero attached hydrogens (tertiary/aromatic N) is 1. The lowest BCUT2D eigenvalue weighted by Crippen LogP contribution is -2.56. The first-order chi connectivity index (χ1) is 15.5. The number of fused-ring (bicyclic) bond motifs is 1. The fraction of sp³-hybridized carbons (Fsp3) is 0.615. The van der Waals surface area contributed by atoms with Gasteiger partial charge in [0.15, 0.2) is 5.75 Å². The highest BCUT2D eigenvalue weighted by Gasteiger charge is 2.53. The van der Waals surface area contributed by atoms with Crippen molar-refractivity contribution in [1.29, 1.82) is 0 Å². The van der Waals surface area contributed by atoms with Gasteiger partial charge >= 0.3 is 5.97 Å². The zero-order valence-corrected chi connectivity index (χ0v) is 21.7. The van der Waals surface area contributed by atoms with Crippen molar-refractivity contribution >= 4 is 29.2 Å². The molecular weight excluding hydrogens is 461 g/mol. The summed E-state index contributed by atoms with van der Waals surface area (Å²) in [4.78, 5) is 13.8. The van der Waals surface area contributed by atoms with Crippen molar-refractivity contribution < 1.29 is 19.4 Å². The molecule has 0 saturated heterocycles. The number of likely N-dealkylation sites (N-methyl/N-ethyl adjacent to an activating group) is 1. The first-order valence-corrected chi connectivity index (χ1v) is 12.5. The lowest BCUT2D eigenvalue weighted by Gasteiger charge is -2.53. The first-order valence-electron chi connectivity index (χ1n) is 11.7. The summed E-state index contributed by atoms with van der Waals surface area (Å²) in [5.74, 6) is 1.01. The van der Waals surface area contributed by atoms with Crippen LogP contribution in [0.4, 0.5) is 0 Å². The van der Waals surface area contributed by atoms with Crippen LogP contribution >= 0.6 is 23.2 Å². The number of halogens is 2. The van der Waals surface area contributed by atoms with Gasteiger partial charge in [0.1, 0.15) is 12.7 Å². The van der Waals surface area contributed by atoms with Gasteiger partial charge in [0.25, 0.3) is 0 Å². The lowest BCUT2D eigenvalue weighted by atomic mass is 9.57. The average molecular weight is 497 g/mol. The van der Waals surface area contributed by atoms with Gasteiger partial charge in [-0.25, -0.2) is 0 Å². The van der Waals surface area contributed by atoms with Crippen LogP contribution in [0.1, 0.15) is 40.5 Å². The maximum absolute atomic E-state index is 11.7. The normalized spacial score (nSPS) is 30.4. The number of carbonyl (C=O) groups is 1. The minimum Gasteiger partial charge on any atom is -0.489 e. The SMILES string of the molecule is CC(=O)O[C@@H]1[CH][C@@]2(O)[C@H](C)CC[C@@H](C(C)CN(C)CCOc3c(Cl)cccc3Cl)[C@H]2C=C1C. The molecule has 2 aliphatic rings. The summed E-state index contributed by atoms with van der Waals surface area (Å²) in [5.41, 5.74) is 0.0174. The predicted molar refractivity (Wildman–Crippen MR) is 133 cm³/mol. The number of aliphatic hydroxyl groups is 1. The average Bonchev–Trinajstić information content (AvgIpc) is 2.72. The first kappa shape index (κ1) is 26.3. The van der Waals surface area contributed by atoms with Crippen LogP contribution in [0.5, 0.6) is 5.75 Å². The molecule has 5 nitrogen and oxygen atoms in total. The Morgan fingerprint density at radius 3 is 2.61 bits per heavy atom. The maximum Gasteiger partial charge on any atom is 0.303 e. The highest BCUT2D eigenvalue weighted by Crippen LogP contribution is 2.50. The van der Waals surface area contributed by atoms with E-state index in [0.717, 1.165) is 31.5 Å². The maximum atomic E-state index is 11.7. The number of esters is 1. The largest absolute Gasteiger partial charge is 0.489 e. The van der Waals surface area contributed by atoms with Gasteiger partial charge in [-0.05, 0) is 62.3 Å². The van der Waals surface area contributed by atoms with Gasteiger partial charge < -0.3 is 19.5 Å². The van der Waals surface area contributed by atoms with E-state index in [4.69, 9.17) is 32.7 Å². The fourth-order valence-corrected chi connectivity index (χ4v) is 5.90. The van der Waals surface area contributed by atoms with E-state index in [0.29, 0.717) is 34.2 Å². The predicted octanol–water partition coefficient (Wildman–Crippen LogP) is 5.43. The van der Waals surface area contributed by atoms with Gasteiger partial charge in [0, 0.05) is 32.4 Å². The molecule has 183 valence electrons. The van der Waals surface area contributed by atoms with Gasteiger partial charge in [0.2, 0.25) is 0 Å². The molecule has 1 radical (unpaired) electrons. The van der Waals surface area contributed by atoms with E-state index in [1.807, 2.05) is 13.3 Å². The third kappa shape index (κ3) is 6.05. The van der Waals surface area contributed by atoms with Crippen LogP contribution in [0.15, 0.2) is 29.8 Å². The molecule has 1 unspecified atom stereocenters. The topological polar surface area (TPSA) is 59.0 Å². The van der Waals surface area contributed by atoms with Gasteiger partial charge in [0.05, 0.1) is 15.6 Å². The summed E-state index contributed by atoms with van der Waals surface area (Å²) in [5, 5.41) is 12.7. The van der Waals surface area contributed by atoms with E-state index in [-0.39, 0.29) is 17.8 Å². The van der Waals surface area contributed by atoms with Crippen molar-refractivity contribution in [2.24, 2.45) is 23.7 Å². The Morgan fingerprint density at radius 1 is 1.30 bits per heavy atom. The van der Waals surface area contributed by atoms with E-state index < -0.39 is 11.7 Å². The van der Waals surface area contributed by atoms with Crippen LogP contribution in [-0.4, -0.2) is 54.4 Å². The zero-order valence-electron chi connectivity index (χ0n) is 20.2. The van der Waals surface area contributed by atoms with Crippen molar-refractivity contribution in [2.45, 2.75) is 52.2 Å². The van der Waals surface area contributed by atoms with Crippen LogP contribution in [-0.2, 0) is 9.53 Å². The molecule has 1 aromatic rings. The molecule has 0 heterocycles. The molecule has 0 bridgehead atoms. The van der Waals surface area contributed by atoms with Crippen molar-refractivity contribution in [3.63, 3.8) is 0 Å². The molecule has 0 amide bonds. The van der Waals surface area contributed by atoms with E-state index in [9.17, 15) is 9.90 Å². The highest BCUT2D eigenvalue weighted by atomic mass is 35.5. The molecule has 0 aliphatic heterocycles. The van der Waals surface area contributed by atoms with Gasteiger partial charge in [-0.3, -0.25) is 4.79 Å². The Kier molecular flexibility index (Phi) is 8.77. The molecular formula is C26H36Cl2NO4. The molecule has 1 fully saturated rings. The van der Waals surface area contributed by atoms with Crippen molar-refractivity contribution in [2.75, 3.05) is 26.7 Å². The molecule has 33 heavy (non-hydrogen) atoms. The Bertz CT molecular complexity index is 856. The molecule has 1 saturated carbocycles. The number of ether oxygens (including phenoxy) is 2. The summed E-state index contributed by atoms with van der Waals surface area (Å²) in [6.45, 7) is 9.83. The quantitative estimate of drug-likeness (QED) is 0.384. The zero-order chi connectivity index (χ0) is 24.3. The van der Waals surface area contributed by atoms with Gasteiger partial charge in [-0.2, -0.15) is 0 Å². The number of hydrogen-bond acceptors (Lipinski definition) is 5. The van der Waals surface area contributed by atoms with Crippen LogP contribution in [0, 0.1) is 30.1 Å². The molecule has 6 atom stereocenters. The Balaban J connectivity index is 1.62. The summed E-state index contributed by atoms with van der Waals surface area (Å²) < 4.78 is 11.3. The van der Waals surface area contributed by atoms with E-state index in [1.165, 1.54) is 6.92 Å². The monoisotopic (exact) mass is 496 g/mol. The molecule has 3 rings (SSSR count).